The zero-order valence-corrected chi connectivity index (χ0v) is 9.26. The SMILES string of the molecule is COC(C=C(C)C(C)=O)CC(C)C. The van der Waals surface area contributed by atoms with Crippen molar-refractivity contribution in [3.05, 3.63) is 11.6 Å². The van der Waals surface area contributed by atoms with Crippen LogP contribution < -0.4 is 0 Å². The summed E-state index contributed by atoms with van der Waals surface area (Å²) in [4.78, 5) is 11.0. The van der Waals surface area contributed by atoms with Gasteiger partial charge >= 0.3 is 0 Å². The third-order valence-corrected chi connectivity index (χ3v) is 2.00. The lowest BCUT2D eigenvalue weighted by atomic mass is 10.0. The molecule has 0 aromatic heterocycles. The second kappa shape index (κ2) is 5.92. The van der Waals surface area contributed by atoms with Crippen LogP contribution in [0.3, 0.4) is 0 Å². The number of ketones is 1. The van der Waals surface area contributed by atoms with E-state index < -0.39 is 0 Å². The van der Waals surface area contributed by atoms with Gasteiger partial charge in [0.1, 0.15) is 0 Å². The maximum Gasteiger partial charge on any atom is 0.155 e. The average Bonchev–Trinajstić information content (AvgIpc) is 2.02. The van der Waals surface area contributed by atoms with Gasteiger partial charge in [-0.3, -0.25) is 4.79 Å². The molecule has 2 nitrogen and oxygen atoms in total. The molecule has 76 valence electrons. The Morgan fingerprint density at radius 1 is 1.38 bits per heavy atom. The number of ether oxygens (including phenoxy) is 1. The van der Waals surface area contributed by atoms with E-state index in [2.05, 4.69) is 13.8 Å². The molecule has 13 heavy (non-hydrogen) atoms. The number of rotatable bonds is 5. The summed E-state index contributed by atoms with van der Waals surface area (Å²) in [6.45, 7) is 7.69. The van der Waals surface area contributed by atoms with Gasteiger partial charge in [0.05, 0.1) is 6.10 Å². The van der Waals surface area contributed by atoms with Crippen LogP contribution in [0.4, 0.5) is 0 Å². The first-order valence-electron chi connectivity index (χ1n) is 4.69. The molecule has 0 bridgehead atoms. The predicted molar refractivity (Wildman–Crippen MR) is 54.7 cm³/mol. The van der Waals surface area contributed by atoms with Crippen molar-refractivity contribution in [3.63, 3.8) is 0 Å². The largest absolute Gasteiger partial charge is 0.377 e. The van der Waals surface area contributed by atoms with Crippen molar-refractivity contribution >= 4 is 5.78 Å². The lowest BCUT2D eigenvalue weighted by molar-refractivity contribution is -0.113. The summed E-state index contributed by atoms with van der Waals surface area (Å²) in [5.41, 5.74) is 0.785. The number of carbonyl (C=O) groups excluding carboxylic acids is 1. The fraction of sp³-hybridized carbons (Fsp3) is 0.727. The molecule has 0 N–H and O–H groups in total. The first-order valence-corrected chi connectivity index (χ1v) is 4.69. The van der Waals surface area contributed by atoms with E-state index in [9.17, 15) is 4.79 Å². The summed E-state index contributed by atoms with van der Waals surface area (Å²) in [5.74, 6) is 0.701. The minimum atomic E-state index is 0.0731. The van der Waals surface area contributed by atoms with Gasteiger partial charge < -0.3 is 4.74 Å². The number of hydrogen-bond donors (Lipinski definition) is 0. The topological polar surface area (TPSA) is 26.3 Å². The molecule has 1 atom stereocenters. The van der Waals surface area contributed by atoms with Gasteiger partial charge in [0.2, 0.25) is 0 Å². The third kappa shape index (κ3) is 5.58. The maximum absolute atomic E-state index is 11.0. The molecule has 0 aliphatic rings. The van der Waals surface area contributed by atoms with Crippen molar-refractivity contribution in [2.45, 2.75) is 40.2 Å². The van der Waals surface area contributed by atoms with Crippen LogP contribution >= 0.6 is 0 Å². The Bertz CT molecular complexity index is 192. The van der Waals surface area contributed by atoms with Crippen LogP contribution in [-0.2, 0) is 9.53 Å². The van der Waals surface area contributed by atoms with Crippen molar-refractivity contribution in [1.82, 2.24) is 0 Å². The Kier molecular flexibility index (Phi) is 5.63. The molecular formula is C11H20O2. The predicted octanol–water partition coefficient (Wildman–Crippen LogP) is 2.58. The molecule has 0 rings (SSSR count). The van der Waals surface area contributed by atoms with Gasteiger partial charge in [-0.15, -0.1) is 0 Å². The Morgan fingerprint density at radius 2 is 1.92 bits per heavy atom. The molecule has 0 heterocycles. The van der Waals surface area contributed by atoms with Gasteiger partial charge in [-0.25, -0.2) is 0 Å². The van der Waals surface area contributed by atoms with E-state index in [1.54, 1.807) is 14.0 Å². The second-order valence-electron chi connectivity index (χ2n) is 3.81. The number of Topliss-reactive ketones (excluding diaryl/α,β-unsaturated/α-hetero) is 1. The number of carbonyl (C=O) groups is 1. The fourth-order valence-corrected chi connectivity index (χ4v) is 1.09. The summed E-state index contributed by atoms with van der Waals surface area (Å²) in [6, 6.07) is 0. The quantitative estimate of drug-likeness (QED) is 0.614. The molecular weight excluding hydrogens is 164 g/mol. The standard InChI is InChI=1S/C11H20O2/c1-8(2)6-11(13-5)7-9(3)10(4)12/h7-8,11H,6H2,1-5H3. The third-order valence-electron chi connectivity index (χ3n) is 2.00. The highest BCUT2D eigenvalue weighted by Gasteiger charge is 2.08. The molecule has 0 aliphatic carbocycles. The van der Waals surface area contributed by atoms with Crippen LogP contribution in [-0.4, -0.2) is 19.0 Å². The van der Waals surface area contributed by atoms with E-state index in [1.807, 2.05) is 13.0 Å². The molecule has 1 unspecified atom stereocenters. The van der Waals surface area contributed by atoms with Crippen LogP contribution in [0.1, 0.15) is 34.1 Å². The fourth-order valence-electron chi connectivity index (χ4n) is 1.09. The minimum absolute atomic E-state index is 0.0731. The van der Waals surface area contributed by atoms with Gasteiger partial charge in [0.15, 0.2) is 5.78 Å². The Balaban J connectivity index is 4.26. The zero-order chi connectivity index (χ0) is 10.4. The number of hydrogen-bond acceptors (Lipinski definition) is 2. The molecule has 0 saturated heterocycles. The number of allylic oxidation sites excluding steroid dienone is 1. The van der Waals surface area contributed by atoms with E-state index >= 15 is 0 Å². The molecule has 0 aromatic rings. The van der Waals surface area contributed by atoms with Crippen molar-refractivity contribution in [2.24, 2.45) is 5.92 Å². The summed E-state index contributed by atoms with van der Waals surface area (Å²) in [7, 11) is 1.68. The van der Waals surface area contributed by atoms with Gasteiger partial charge in [-0.2, -0.15) is 0 Å². The highest BCUT2D eigenvalue weighted by molar-refractivity contribution is 5.92. The van der Waals surface area contributed by atoms with Crippen molar-refractivity contribution in [3.8, 4) is 0 Å². The smallest absolute Gasteiger partial charge is 0.155 e. The van der Waals surface area contributed by atoms with Crippen LogP contribution in [0.15, 0.2) is 11.6 Å². The van der Waals surface area contributed by atoms with Crippen LogP contribution in [0.5, 0.6) is 0 Å². The Labute approximate surface area is 81.0 Å². The number of methoxy groups -OCH3 is 1. The maximum atomic E-state index is 11.0. The van der Waals surface area contributed by atoms with Crippen molar-refractivity contribution in [2.75, 3.05) is 7.11 Å². The molecule has 0 saturated carbocycles. The molecule has 0 aliphatic heterocycles. The molecule has 0 spiro atoms. The van der Waals surface area contributed by atoms with Crippen molar-refractivity contribution in [1.29, 1.82) is 0 Å². The monoisotopic (exact) mass is 184 g/mol. The molecule has 0 amide bonds. The minimum Gasteiger partial charge on any atom is -0.377 e. The van der Waals surface area contributed by atoms with Gasteiger partial charge in [-0.05, 0) is 37.8 Å². The lowest BCUT2D eigenvalue weighted by Crippen LogP contribution is -2.12. The summed E-state index contributed by atoms with van der Waals surface area (Å²) in [5, 5.41) is 0. The van der Waals surface area contributed by atoms with Gasteiger partial charge in [-0.1, -0.05) is 13.8 Å². The van der Waals surface area contributed by atoms with Gasteiger partial charge in [0.25, 0.3) is 0 Å². The molecule has 0 aromatic carbocycles. The van der Waals surface area contributed by atoms with Crippen molar-refractivity contribution < 1.29 is 9.53 Å². The first kappa shape index (κ1) is 12.4. The molecule has 0 fully saturated rings. The van der Waals surface area contributed by atoms with Gasteiger partial charge in [0, 0.05) is 7.11 Å². The Hall–Kier alpha value is -0.630. The van der Waals surface area contributed by atoms with E-state index in [1.165, 1.54) is 0 Å². The summed E-state index contributed by atoms with van der Waals surface area (Å²) in [6.07, 6.45) is 2.94. The van der Waals surface area contributed by atoms with Crippen LogP contribution in [0.2, 0.25) is 0 Å². The first-order chi connectivity index (χ1) is 5.97. The molecule has 2 heteroatoms. The second-order valence-corrected chi connectivity index (χ2v) is 3.81. The normalized spacial score (nSPS) is 14.8. The van der Waals surface area contributed by atoms with E-state index in [4.69, 9.17) is 4.74 Å². The Morgan fingerprint density at radius 3 is 2.23 bits per heavy atom. The van der Waals surface area contributed by atoms with E-state index in [0.29, 0.717) is 5.92 Å². The van der Waals surface area contributed by atoms with E-state index in [0.717, 1.165) is 12.0 Å². The summed E-state index contributed by atoms with van der Waals surface area (Å²) < 4.78 is 5.25. The highest BCUT2D eigenvalue weighted by atomic mass is 16.5. The van der Waals surface area contributed by atoms with Crippen LogP contribution in [0.25, 0.3) is 0 Å². The zero-order valence-electron chi connectivity index (χ0n) is 9.26. The summed E-state index contributed by atoms with van der Waals surface area (Å²) >= 11 is 0. The highest BCUT2D eigenvalue weighted by Crippen LogP contribution is 2.11. The lowest BCUT2D eigenvalue weighted by Gasteiger charge is -2.14. The van der Waals surface area contributed by atoms with E-state index in [-0.39, 0.29) is 11.9 Å². The average molecular weight is 184 g/mol. The van der Waals surface area contributed by atoms with Crippen LogP contribution in [0, 0.1) is 5.92 Å². The molecule has 0 radical (unpaired) electrons.